The predicted octanol–water partition coefficient (Wildman–Crippen LogP) is 4.52. The lowest BCUT2D eigenvalue weighted by Crippen LogP contribution is -2.58. The van der Waals surface area contributed by atoms with Crippen LogP contribution in [0.15, 0.2) is 34.5 Å². The van der Waals surface area contributed by atoms with Crippen LogP contribution >= 0.6 is 22.7 Å². The Bertz CT molecular complexity index is 823. The lowest BCUT2D eigenvalue weighted by molar-refractivity contribution is -0.153. The van der Waals surface area contributed by atoms with Crippen LogP contribution in [-0.4, -0.2) is 36.6 Å². The molecule has 4 saturated heterocycles. The summed E-state index contributed by atoms with van der Waals surface area (Å²) in [6.07, 6.45) is 5.84. The first-order chi connectivity index (χ1) is 12.2. The van der Waals surface area contributed by atoms with Gasteiger partial charge in [0.15, 0.2) is 0 Å². The van der Waals surface area contributed by atoms with Gasteiger partial charge in [-0.15, -0.1) is 11.3 Å². The van der Waals surface area contributed by atoms with Crippen LogP contribution in [0.25, 0.3) is 16.5 Å². The van der Waals surface area contributed by atoms with E-state index in [9.17, 15) is 4.79 Å². The zero-order chi connectivity index (χ0) is 17.0. The highest BCUT2D eigenvalue weighted by atomic mass is 32.1. The average Bonchev–Trinajstić information content (AvgIpc) is 3.35. The van der Waals surface area contributed by atoms with Crippen LogP contribution < -0.4 is 0 Å². The number of esters is 1. The van der Waals surface area contributed by atoms with Crippen LogP contribution in [0.1, 0.15) is 24.1 Å². The highest BCUT2D eigenvalue weighted by molar-refractivity contribution is 7.16. The van der Waals surface area contributed by atoms with Gasteiger partial charge in [-0.25, -0.2) is 0 Å². The van der Waals surface area contributed by atoms with Crippen LogP contribution in [0.3, 0.4) is 0 Å². The van der Waals surface area contributed by atoms with Crippen LogP contribution in [0.5, 0.6) is 0 Å². The quantitative estimate of drug-likeness (QED) is 0.743. The summed E-state index contributed by atoms with van der Waals surface area (Å²) in [5, 5.41) is 4.32. The fraction of sp³-hybridized carbons (Fsp3) is 0.450. The van der Waals surface area contributed by atoms with Crippen molar-refractivity contribution in [3.8, 4) is 10.4 Å². The third-order valence-corrected chi connectivity index (χ3v) is 7.90. The standard InChI is InChI=1S/C20H21NO2S2/c1-23-20(22)19-16-9-14-2-4-17(19)21(14)10-13(16)8-15-3-5-18(25-15)12-6-7-24-11-12/h3,5-8,11,14,16-17,19H,2,4,9-10H2,1H3/b13-8+/t14-,16+,17+,19-/m0/s1. The molecule has 1 unspecified atom stereocenters. The van der Waals surface area contributed by atoms with E-state index in [1.165, 1.54) is 34.4 Å². The summed E-state index contributed by atoms with van der Waals surface area (Å²) in [4.78, 5) is 17.6. The summed E-state index contributed by atoms with van der Waals surface area (Å²) in [7, 11) is 1.53. The molecule has 6 rings (SSSR count). The minimum Gasteiger partial charge on any atom is -0.469 e. The van der Waals surface area contributed by atoms with Crippen molar-refractivity contribution in [2.75, 3.05) is 13.7 Å². The zero-order valence-electron chi connectivity index (χ0n) is 14.2. The first-order valence-corrected chi connectivity index (χ1v) is 10.7. The number of ether oxygens (including phenoxy) is 1. The van der Waals surface area contributed by atoms with Gasteiger partial charge in [0.2, 0.25) is 0 Å². The van der Waals surface area contributed by atoms with E-state index >= 15 is 0 Å². The topological polar surface area (TPSA) is 29.5 Å². The average molecular weight is 372 g/mol. The number of carbonyl (C=O) groups excluding carboxylic acids is 1. The zero-order valence-corrected chi connectivity index (χ0v) is 15.8. The molecule has 4 aliphatic heterocycles. The summed E-state index contributed by atoms with van der Waals surface area (Å²) in [5.41, 5.74) is 2.72. The minimum absolute atomic E-state index is 0.0175. The maximum Gasteiger partial charge on any atom is 0.310 e. The molecule has 4 bridgehead atoms. The number of methoxy groups -OCH3 is 1. The molecule has 3 nitrogen and oxygen atoms in total. The van der Waals surface area contributed by atoms with Crippen molar-refractivity contribution >= 4 is 34.7 Å². The van der Waals surface area contributed by atoms with E-state index in [2.05, 4.69) is 39.9 Å². The van der Waals surface area contributed by atoms with Crippen molar-refractivity contribution in [2.24, 2.45) is 11.8 Å². The number of fused-ring (bicyclic) bond motifs is 1. The molecule has 0 N–H and O–H groups in total. The summed E-state index contributed by atoms with van der Waals surface area (Å²) < 4.78 is 5.16. The number of hydrogen-bond acceptors (Lipinski definition) is 5. The van der Waals surface area contributed by atoms with Crippen molar-refractivity contribution < 1.29 is 9.53 Å². The normalized spacial score (nSPS) is 34.6. The third kappa shape index (κ3) is 2.52. The Balaban J connectivity index is 1.46. The number of rotatable bonds is 3. The van der Waals surface area contributed by atoms with Gasteiger partial charge in [-0.1, -0.05) is 5.57 Å². The lowest BCUT2D eigenvalue weighted by atomic mass is 9.71. The second-order valence-electron chi connectivity index (χ2n) is 7.30. The van der Waals surface area contributed by atoms with Gasteiger partial charge in [-0.2, -0.15) is 11.3 Å². The van der Waals surface area contributed by atoms with Gasteiger partial charge in [0, 0.05) is 33.9 Å². The lowest BCUT2D eigenvalue weighted by Gasteiger charge is -2.50. The summed E-state index contributed by atoms with van der Waals surface area (Å²) in [6.45, 7) is 1.03. The highest BCUT2D eigenvalue weighted by Crippen LogP contribution is 2.51. The summed E-state index contributed by atoms with van der Waals surface area (Å²) in [5.74, 6) is 0.373. The van der Waals surface area contributed by atoms with Gasteiger partial charge >= 0.3 is 5.97 Å². The van der Waals surface area contributed by atoms with E-state index in [0.717, 1.165) is 19.4 Å². The van der Waals surface area contributed by atoms with Crippen LogP contribution in [-0.2, 0) is 9.53 Å². The maximum atomic E-state index is 12.4. The molecule has 4 aliphatic rings. The summed E-state index contributed by atoms with van der Waals surface area (Å²) in [6, 6.07) is 7.68. The monoisotopic (exact) mass is 371 g/mol. The number of nitrogens with zero attached hydrogens (tertiary/aromatic N) is 1. The van der Waals surface area contributed by atoms with Crippen molar-refractivity contribution in [3.05, 3.63) is 39.4 Å². The second-order valence-corrected chi connectivity index (χ2v) is 9.19. The maximum absolute atomic E-state index is 12.4. The van der Waals surface area contributed by atoms with Gasteiger partial charge in [0.05, 0.1) is 13.0 Å². The molecule has 25 heavy (non-hydrogen) atoms. The van der Waals surface area contributed by atoms with Crippen LogP contribution in [0.4, 0.5) is 0 Å². The molecule has 5 atom stereocenters. The Morgan fingerprint density at radius 3 is 3.04 bits per heavy atom. The second kappa shape index (κ2) is 6.08. The molecule has 4 fully saturated rings. The van der Waals surface area contributed by atoms with E-state index < -0.39 is 0 Å². The molecule has 2 aromatic heterocycles. The van der Waals surface area contributed by atoms with Gasteiger partial charge < -0.3 is 4.74 Å². The van der Waals surface area contributed by atoms with Crippen molar-refractivity contribution in [1.29, 1.82) is 0 Å². The Morgan fingerprint density at radius 2 is 2.24 bits per heavy atom. The highest BCUT2D eigenvalue weighted by Gasteiger charge is 2.55. The van der Waals surface area contributed by atoms with Crippen LogP contribution in [0.2, 0.25) is 0 Å². The fourth-order valence-electron chi connectivity index (χ4n) is 5.05. The Labute approximate surface area is 155 Å². The molecular weight excluding hydrogens is 350 g/mol. The number of thiophene rings is 2. The molecule has 130 valence electrons. The molecule has 0 amide bonds. The molecule has 0 spiro atoms. The van der Waals surface area contributed by atoms with E-state index in [1.807, 2.05) is 11.3 Å². The molecule has 0 aromatic carbocycles. The molecule has 2 aromatic rings. The smallest absolute Gasteiger partial charge is 0.310 e. The first-order valence-electron chi connectivity index (χ1n) is 8.91. The molecule has 5 heteroatoms. The number of hydrogen-bond donors (Lipinski definition) is 0. The summed E-state index contributed by atoms with van der Waals surface area (Å²) >= 11 is 3.58. The Hall–Kier alpha value is -1.43. The molecule has 0 saturated carbocycles. The minimum atomic E-state index is -0.0175. The first kappa shape index (κ1) is 15.8. The van der Waals surface area contributed by atoms with Gasteiger partial charge in [0.1, 0.15) is 0 Å². The van der Waals surface area contributed by atoms with E-state index in [-0.39, 0.29) is 11.9 Å². The van der Waals surface area contributed by atoms with E-state index in [4.69, 9.17) is 4.74 Å². The molecular formula is C20H21NO2S2. The van der Waals surface area contributed by atoms with Gasteiger partial charge in [-0.3, -0.25) is 9.69 Å². The largest absolute Gasteiger partial charge is 0.469 e. The predicted molar refractivity (Wildman–Crippen MR) is 103 cm³/mol. The van der Waals surface area contributed by atoms with Crippen molar-refractivity contribution in [3.63, 3.8) is 0 Å². The van der Waals surface area contributed by atoms with Gasteiger partial charge in [0.25, 0.3) is 0 Å². The Kier molecular flexibility index (Phi) is 3.84. The van der Waals surface area contributed by atoms with Crippen LogP contribution in [0, 0.1) is 11.8 Å². The molecule has 0 radical (unpaired) electrons. The third-order valence-electron chi connectivity index (χ3n) is 6.14. The fourth-order valence-corrected chi connectivity index (χ4v) is 6.76. The number of carbonyl (C=O) groups is 1. The molecule has 6 heterocycles. The van der Waals surface area contributed by atoms with E-state index in [0.29, 0.717) is 18.0 Å². The van der Waals surface area contributed by atoms with Crippen molar-refractivity contribution in [1.82, 2.24) is 4.90 Å². The SMILES string of the molecule is COC(=O)[C@H]1[C@@H]2C[C@@H]3CC[C@H]1N3C/C2=C\c1ccc(-c2ccsc2)s1. The number of piperidine rings is 3. The van der Waals surface area contributed by atoms with E-state index in [1.54, 1.807) is 11.3 Å². The van der Waals surface area contributed by atoms with Crippen molar-refractivity contribution in [2.45, 2.75) is 31.3 Å². The molecule has 0 aliphatic carbocycles. The Morgan fingerprint density at radius 1 is 1.32 bits per heavy atom. The van der Waals surface area contributed by atoms with Gasteiger partial charge in [-0.05, 0) is 60.2 Å².